The quantitative estimate of drug-likeness (QED) is 0.936. The molecule has 94 valence electrons. The highest BCUT2D eigenvalue weighted by molar-refractivity contribution is 9.10. The van der Waals surface area contributed by atoms with Crippen molar-refractivity contribution in [2.45, 2.75) is 13.0 Å². The van der Waals surface area contributed by atoms with Crippen molar-refractivity contribution < 1.29 is 4.74 Å². The number of benzene rings is 2. The Bertz CT molecular complexity index is 537. The number of nitrogens with two attached hydrogens (primary N) is 1. The van der Waals surface area contributed by atoms with Gasteiger partial charge < -0.3 is 10.5 Å². The van der Waals surface area contributed by atoms with E-state index in [0.717, 1.165) is 26.9 Å². The first-order valence-corrected chi connectivity index (χ1v) is 6.56. The summed E-state index contributed by atoms with van der Waals surface area (Å²) in [4.78, 5) is 0. The van der Waals surface area contributed by atoms with Crippen molar-refractivity contribution in [2.75, 3.05) is 7.11 Å². The van der Waals surface area contributed by atoms with Gasteiger partial charge in [0.1, 0.15) is 5.75 Å². The molecule has 3 heteroatoms. The van der Waals surface area contributed by atoms with Crippen molar-refractivity contribution >= 4 is 15.9 Å². The largest absolute Gasteiger partial charge is 0.496 e. The fourth-order valence-corrected chi connectivity index (χ4v) is 2.22. The van der Waals surface area contributed by atoms with E-state index in [4.69, 9.17) is 10.5 Å². The summed E-state index contributed by atoms with van der Waals surface area (Å²) in [5, 5.41) is 0. The topological polar surface area (TPSA) is 35.2 Å². The summed E-state index contributed by atoms with van der Waals surface area (Å²) >= 11 is 3.42. The van der Waals surface area contributed by atoms with Crippen LogP contribution in [0.3, 0.4) is 0 Å². The molecule has 2 aromatic rings. The van der Waals surface area contributed by atoms with Gasteiger partial charge >= 0.3 is 0 Å². The monoisotopic (exact) mass is 305 g/mol. The number of methoxy groups -OCH3 is 1. The van der Waals surface area contributed by atoms with Gasteiger partial charge in [0, 0.05) is 4.47 Å². The molecule has 0 bridgehead atoms. The molecule has 0 aliphatic carbocycles. The lowest BCUT2D eigenvalue weighted by molar-refractivity contribution is 0.411. The molecule has 0 aromatic heterocycles. The number of ether oxygens (including phenoxy) is 1. The molecule has 0 radical (unpaired) electrons. The van der Waals surface area contributed by atoms with Crippen LogP contribution < -0.4 is 10.5 Å². The first kappa shape index (κ1) is 13.1. The first-order valence-electron chi connectivity index (χ1n) is 5.77. The van der Waals surface area contributed by atoms with E-state index in [-0.39, 0.29) is 6.04 Å². The predicted octanol–water partition coefficient (Wildman–Crippen LogP) is 3.81. The average molecular weight is 306 g/mol. The molecule has 2 rings (SSSR count). The van der Waals surface area contributed by atoms with Crippen LogP contribution in [0.25, 0.3) is 0 Å². The Morgan fingerprint density at radius 1 is 1.06 bits per heavy atom. The van der Waals surface area contributed by atoms with Gasteiger partial charge in [0.2, 0.25) is 0 Å². The summed E-state index contributed by atoms with van der Waals surface area (Å²) in [5.74, 6) is 0.891. The fraction of sp³-hybridized carbons (Fsp3) is 0.200. The van der Waals surface area contributed by atoms with Crippen LogP contribution in [0.4, 0.5) is 0 Å². The minimum atomic E-state index is -0.109. The molecule has 0 amide bonds. The van der Waals surface area contributed by atoms with Crippen molar-refractivity contribution in [3.8, 4) is 5.75 Å². The molecule has 2 nitrogen and oxygen atoms in total. The van der Waals surface area contributed by atoms with Gasteiger partial charge in [-0.1, -0.05) is 40.2 Å². The van der Waals surface area contributed by atoms with Crippen molar-refractivity contribution in [1.29, 1.82) is 0 Å². The highest BCUT2D eigenvalue weighted by Gasteiger charge is 2.10. The lowest BCUT2D eigenvalue weighted by Crippen LogP contribution is -2.11. The summed E-state index contributed by atoms with van der Waals surface area (Å²) in [6.45, 7) is 2.02. The van der Waals surface area contributed by atoms with Crippen LogP contribution in [0.2, 0.25) is 0 Å². The van der Waals surface area contributed by atoms with E-state index in [1.54, 1.807) is 7.11 Å². The molecular weight excluding hydrogens is 290 g/mol. The third kappa shape index (κ3) is 2.74. The molecule has 2 aromatic carbocycles. The molecule has 0 fully saturated rings. The smallest absolute Gasteiger partial charge is 0.121 e. The van der Waals surface area contributed by atoms with Gasteiger partial charge in [-0.3, -0.25) is 0 Å². The van der Waals surface area contributed by atoms with Gasteiger partial charge in [0.05, 0.1) is 13.2 Å². The van der Waals surface area contributed by atoms with Crippen LogP contribution >= 0.6 is 15.9 Å². The number of hydrogen-bond donors (Lipinski definition) is 1. The normalized spacial score (nSPS) is 12.2. The van der Waals surface area contributed by atoms with Gasteiger partial charge in [-0.2, -0.15) is 0 Å². The highest BCUT2D eigenvalue weighted by Crippen LogP contribution is 2.26. The molecule has 1 unspecified atom stereocenters. The minimum Gasteiger partial charge on any atom is -0.496 e. The lowest BCUT2D eigenvalue weighted by atomic mass is 9.98. The Balaban J connectivity index is 2.31. The molecule has 0 aliphatic rings. The summed E-state index contributed by atoms with van der Waals surface area (Å²) in [5.41, 5.74) is 9.56. The zero-order chi connectivity index (χ0) is 13.1. The molecule has 18 heavy (non-hydrogen) atoms. The third-order valence-corrected chi connectivity index (χ3v) is 3.54. The second-order valence-electron chi connectivity index (χ2n) is 4.26. The van der Waals surface area contributed by atoms with Gasteiger partial charge in [0.25, 0.3) is 0 Å². The molecule has 1 atom stereocenters. The Morgan fingerprint density at radius 2 is 1.67 bits per heavy atom. The molecule has 2 N–H and O–H groups in total. The van der Waals surface area contributed by atoms with E-state index in [1.165, 1.54) is 0 Å². The molecule has 0 spiro atoms. The zero-order valence-electron chi connectivity index (χ0n) is 10.5. The first-order chi connectivity index (χ1) is 8.61. The minimum absolute atomic E-state index is 0.109. The zero-order valence-corrected chi connectivity index (χ0v) is 12.1. The molecule has 0 saturated carbocycles. The Kier molecular flexibility index (Phi) is 4.04. The van der Waals surface area contributed by atoms with E-state index in [2.05, 4.69) is 22.0 Å². The van der Waals surface area contributed by atoms with E-state index < -0.39 is 0 Å². The van der Waals surface area contributed by atoms with Crippen molar-refractivity contribution in [2.24, 2.45) is 5.73 Å². The molecule has 0 heterocycles. The average Bonchev–Trinajstić information content (AvgIpc) is 2.38. The summed E-state index contributed by atoms with van der Waals surface area (Å²) in [6, 6.07) is 14.0. The van der Waals surface area contributed by atoms with Crippen LogP contribution in [0.15, 0.2) is 46.9 Å². The van der Waals surface area contributed by atoms with Crippen LogP contribution in [-0.4, -0.2) is 7.11 Å². The Labute approximate surface area is 116 Å². The maximum Gasteiger partial charge on any atom is 0.121 e. The Hall–Kier alpha value is -1.32. The second kappa shape index (κ2) is 5.55. The summed E-state index contributed by atoms with van der Waals surface area (Å²) in [7, 11) is 1.68. The van der Waals surface area contributed by atoms with Gasteiger partial charge in [-0.05, 0) is 41.8 Å². The molecule has 0 saturated heterocycles. The number of halogens is 1. The molecular formula is C15H16BrNO. The maximum atomic E-state index is 6.27. The number of rotatable bonds is 3. The standard InChI is InChI=1S/C15H16BrNO/c1-10-9-12(5-8-14(10)18-2)15(17)11-3-6-13(16)7-4-11/h3-9,15H,17H2,1-2H3. The van der Waals surface area contributed by atoms with Gasteiger partial charge in [-0.25, -0.2) is 0 Å². The van der Waals surface area contributed by atoms with Crippen molar-refractivity contribution in [1.82, 2.24) is 0 Å². The van der Waals surface area contributed by atoms with E-state index in [9.17, 15) is 0 Å². The van der Waals surface area contributed by atoms with E-state index >= 15 is 0 Å². The number of aryl methyl sites for hydroxylation is 1. The van der Waals surface area contributed by atoms with Crippen LogP contribution in [0.1, 0.15) is 22.7 Å². The van der Waals surface area contributed by atoms with Crippen LogP contribution in [0, 0.1) is 6.92 Å². The summed E-state index contributed by atoms with van der Waals surface area (Å²) < 4.78 is 6.31. The Morgan fingerprint density at radius 3 is 2.22 bits per heavy atom. The van der Waals surface area contributed by atoms with E-state index in [1.807, 2.05) is 43.3 Å². The second-order valence-corrected chi connectivity index (χ2v) is 5.17. The predicted molar refractivity (Wildman–Crippen MR) is 77.9 cm³/mol. The van der Waals surface area contributed by atoms with Gasteiger partial charge in [0.15, 0.2) is 0 Å². The van der Waals surface area contributed by atoms with Crippen molar-refractivity contribution in [3.63, 3.8) is 0 Å². The molecule has 0 aliphatic heterocycles. The SMILES string of the molecule is COc1ccc(C(N)c2ccc(Br)cc2)cc1C. The highest BCUT2D eigenvalue weighted by atomic mass is 79.9. The van der Waals surface area contributed by atoms with Crippen molar-refractivity contribution in [3.05, 3.63) is 63.6 Å². The third-order valence-electron chi connectivity index (χ3n) is 3.01. The van der Waals surface area contributed by atoms with Crippen LogP contribution in [0.5, 0.6) is 5.75 Å². The van der Waals surface area contributed by atoms with E-state index in [0.29, 0.717) is 0 Å². The lowest BCUT2D eigenvalue weighted by Gasteiger charge is -2.14. The maximum absolute atomic E-state index is 6.27. The van der Waals surface area contributed by atoms with Crippen LogP contribution in [-0.2, 0) is 0 Å². The summed E-state index contributed by atoms with van der Waals surface area (Å²) in [6.07, 6.45) is 0. The van der Waals surface area contributed by atoms with Gasteiger partial charge in [-0.15, -0.1) is 0 Å². The number of hydrogen-bond acceptors (Lipinski definition) is 2. The fourth-order valence-electron chi connectivity index (χ4n) is 1.96.